The lowest BCUT2D eigenvalue weighted by Gasteiger charge is -2.08. The first-order valence-electron chi connectivity index (χ1n) is 5.34. The number of carboxylic acid groups (broad SMARTS) is 1. The number of benzene rings is 1. The van der Waals surface area contributed by atoms with Crippen molar-refractivity contribution in [3.05, 3.63) is 29.8 Å². The van der Waals surface area contributed by atoms with Crippen LogP contribution in [-0.4, -0.2) is 25.4 Å². The Morgan fingerprint density at radius 2 is 1.84 bits per heavy atom. The van der Waals surface area contributed by atoms with E-state index in [0.717, 1.165) is 0 Å². The fraction of sp³-hybridized carbons (Fsp3) is 0.273. The molecule has 1 amide bonds. The van der Waals surface area contributed by atoms with E-state index in [0.29, 0.717) is 5.56 Å². The van der Waals surface area contributed by atoms with Crippen LogP contribution in [0.15, 0.2) is 29.2 Å². The summed E-state index contributed by atoms with van der Waals surface area (Å²) in [6.45, 7) is 1.39. The van der Waals surface area contributed by atoms with Crippen molar-refractivity contribution < 1.29 is 23.1 Å². The number of sulfonamides is 1. The predicted octanol–water partition coefficient (Wildman–Crippen LogP) is -0.329. The molecule has 0 aliphatic carbocycles. The van der Waals surface area contributed by atoms with Gasteiger partial charge in [0.2, 0.25) is 15.9 Å². The van der Waals surface area contributed by atoms with Crippen molar-refractivity contribution in [3.63, 3.8) is 0 Å². The third-order valence-corrected chi connectivity index (χ3v) is 3.41. The summed E-state index contributed by atoms with van der Waals surface area (Å²) in [6.07, 6.45) is 0. The third kappa shape index (κ3) is 4.34. The van der Waals surface area contributed by atoms with E-state index >= 15 is 0 Å². The molecule has 0 bridgehead atoms. The highest BCUT2D eigenvalue weighted by molar-refractivity contribution is 7.89. The maximum atomic E-state index is 11.4. The average Bonchev–Trinajstić information content (AvgIpc) is 2.34. The maximum absolute atomic E-state index is 11.4. The first-order valence-corrected chi connectivity index (χ1v) is 6.88. The molecule has 1 unspecified atom stereocenters. The first-order chi connectivity index (χ1) is 8.71. The second-order valence-electron chi connectivity index (χ2n) is 3.97. The van der Waals surface area contributed by atoms with Gasteiger partial charge in [-0.25, -0.2) is 13.6 Å². The monoisotopic (exact) mass is 286 g/mol. The van der Waals surface area contributed by atoms with Gasteiger partial charge in [0, 0.05) is 6.54 Å². The van der Waals surface area contributed by atoms with Gasteiger partial charge in [-0.05, 0) is 24.6 Å². The van der Waals surface area contributed by atoms with Gasteiger partial charge < -0.3 is 10.4 Å². The van der Waals surface area contributed by atoms with Crippen LogP contribution in [-0.2, 0) is 26.2 Å². The number of nitrogens with two attached hydrogens (primary N) is 1. The van der Waals surface area contributed by atoms with Crippen molar-refractivity contribution in [1.29, 1.82) is 0 Å². The number of carboxylic acids is 1. The number of primary sulfonamides is 1. The van der Waals surface area contributed by atoms with Crippen LogP contribution < -0.4 is 10.5 Å². The highest BCUT2D eigenvalue weighted by atomic mass is 32.2. The van der Waals surface area contributed by atoms with Crippen LogP contribution in [0.4, 0.5) is 0 Å². The smallest absolute Gasteiger partial charge is 0.315 e. The highest BCUT2D eigenvalue weighted by Crippen LogP contribution is 2.08. The molecule has 0 radical (unpaired) electrons. The van der Waals surface area contributed by atoms with Crippen molar-refractivity contribution in [1.82, 2.24) is 5.32 Å². The number of carbonyl (C=O) groups excluding carboxylic acids is 1. The molecular weight excluding hydrogens is 272 g/mol. The average molecular weight is 286 g/mol. The topological polar surface area (TPSA) is 127 Å². The number of nitrogens with one attached hydrogen (secondary N) is 1. The maximum Gasteiger partial charge on any atom is 0.315 e. The summed E-state index contributed by atoms with van der Waals surface area (Å²) in [6, 6.07) is 5.62. The Bertz CT molecular complexity index is 580. The largest absolute Gasteiger partial charge is 0.481 e. The number of hydrogen-bond acceptors (Lipinski definition) is 4. The van der Waals surface area contributed by atoms with Crippen LogP contribution in [0.2, 0.25) is 0 Å². The van der Waals surface area contributed by atoms with Crippen LogP contribution in [0.3, 0.4) is 0 Å². The Kier molecular flexibility index (Phi) is 4.62. The first kappa shape index (κ1) is 15.1. The molecule has 104 valence electrons. The Labute approximate surface area is 110 Å². The van der Waals surface area contributed by atoms with Crippen LogP contribution in [0.5, 0.6) is 0 Å². The third-order valence-electron chi connectivity index (χ3n) is 2.48. The van der Waals surface area contributed by atoms with E-state index in [4.69, 9.17) is 10.2 Å². The predicted molar refractivity (Wildman–Crippen MR) is 66.5 cm³/mol. The molecule has 0 saturated carbocycles. The van der Waals surface area contributed by atoms with Gasteiger partial charge in [0.25, 0.3) is 0 Å². The Morgan fingerprint density at radius 3 is 2.26 bits per heavy atom. The summed E-state index contributed by atoms with van der Waals surface area (Å²) in [4.78, 5) is 21.9. The van der Waals surface area contributed by atoms with E-state index in [9.17, 15) is 18.0 Å². The van der Waals surface area contributed by atoms with Gasteiger partial charge in [0.15, 0.2) is 0 Å². The van der Waals surface area contributed by atoms with Crippen molar-refractivity contribution in [2.75, 3.05) is 0 Å². The van der Waals surface area contributed by atoms with Crippen LogP contribution >= 0.6 is 0 Å². The van der Waals surface area contributed by atoms with Gasteiger partial charge in [-0.1, -0.05) is 12.1 Å². The zero-order chi connectivity index (χ0) is 14.6. The zero-order valence-corrected chi connectivity index (χ0v) is 11.0. The molecule has 19 heavy (non-hydrogen) atoms. The number of aliphatic carboxylic acids is 1. The highest BCUT2D eigenvalue weighted by Gasteiger charge is 2.19. The minimum Gasteiger partial charge on any atom is -0.481 e. The minimum absolute atomic E-state index is 0.0264. The van der Waals surface area contributed by atoms with Gasteiger partial charge in [-0.3, -0.25) is 9.59 Å². The summed E-state index contributed by atoms with van der Waals surface area (Å²) in [7, 11) is -3.74. The number of amides is 1. The standard InChI is InChI=1S/C11H14N2O5S/c1-7(11(15)16)10(14)13-6-8-2-4-9(5-3-8)19(12,17)18/h2-5,7H,6H2,1H3,(H,13,14)(H,15,16)(H2,12,17,18). The molecule has 8 heteroatoms. The van der Waals surface area contributed by atoms with Crippen molar-refractivity contribution in [3.8, 4) is 0 Å². The van der Waals surface area contributed by atoms with Gasteiger partial charge in [0.05, 0.1) is 4.90 Å². The molecule has 7 nitrogen and oxygen atoms in total. The second kappa shape index (κ2) is 5.81. The number of carbonyl (C=O) groups is 2. The molecule has 0 aromatic heterocycles. The summed E-state index contributed by atoms with van der Waals surface area (Å²) < 4.78 is 22.0. The van der Waals surface area contributed by atoms with E-state index < -0.39 is 27.8 Å². The van der Waals surface area contributed by atoms with E-state index in [-0.39, 0.29) is 11.4 Å². The number of rotatable bonds is 5. The fourth-order valence-electron chi connectivity index (χ4n) is 1.25. The van der Waals surface area contributed by atoms with Gasteiger partial charge in [0.1, 0.15) is 5.92 Å². The van der Waals surface area contributed by atoms with Crippen molar-refractivity contribution in [2.24, 2.45) is 11.1 Å². The molecule has 0 heterocycles. The normalized spacial score (nSPS) is 12.7. The lowest BCUT2D eigenvalue weighted by molar-refractivity contribution is -0.146. The van der Waals surface area contributed by atoms with Crippen molar-refractivity contribution >= 4 is 21.9 Å². The Hall–Kier alpha value is -1.93. The molecule has 1 atom stereocenters. The van der Waals surface area contributed by atoms with Crippen LogP contribution in [0, 0.1) is 5.92 Å². The summed E-state index contributed by atoms with van der Waals surface area (Å²) in [5, 5.41) is 16.0. The zero-order valence-electron chi connectivity index (χ0n) is 10.2. The lowest BCUT2D eigenvalue weighted by atomic mass is 10.1. The fourth-order valence-corrected chi connectivity index (χ4v) is 1.77. The molecule has 0 spiro atoms. The Balaban J connectivity index is 2.65. The Morgan fingerprint density at radius 1 is 1.32 bits per heavy atom. The quantitative estimate of drug-likeness (QED) is 0.639. The van der Waals surface area contributed by atoms with Gasteiger partial charge in [-0.15, -0.1) is 0 Å². The molecule has 0 aliphatic heterocycles. The van der Waals surface area contributed by atoms with Crippen LogP contribution in [0.25, 0.3) is 0 Å². The summed E-state index contributed by atoms with van der Waals surface area (Å²) in [5.74, 6) is -2.95. The second-order valence-corrected chi connectivity index (χ2v) is 5.53. The van der Waals surface area contributed by atoms with Crippen molar-refractivity contribution in [2.45, 2.75) is 18.4 Å². The summed E-state index contributed by atoms with van der Waals surface area (Å²) in [5.41, 5.74) is 0.637. The van der Waals surface area contributed by atoms with E-state index in [1.54, 1.807) is 0 Å². The van der Waals surface area contributed by atoms with E-state index in [2.05, 4.69) is 5.32 Å². The molecule has 4 N–H and O–H groups in total. The molecule has 1 aromatic rings. The lowest BCUT2D eigenvalue weighted by Crippen LogP contribution is -2.33. The SMILES string of the molecule is CC(C(=O)O)C(=O)NCc1ccc(S(N)(=O)=O)cc1. The molecule has 0 saturated heterocycles. The van der Waals surface area contributed by atoms with Gasteiger partial charge >= 0.3 is 5.97 Å². The molecule has 0 aliphatic rings. The van der Waals surface area contributed by atoms with Gasteiger partial charge in [-0.2, -0.15) is 0 Å². The molecule has 1 rings (SSSR count). The number of hydrogen-bond donors (Lipinski definition) is 3. The summed E-state index contributed by atoms with van der Waals surface area (Å²) >= 11 is 0. The molecular formula is C11H14N2O5S. The minimum atomic E-state index is -3.74. The molecule has 1 aromatic carbocycles. The van der Waals surface area contributed by atoms with E-state index in [1.807, 2.05) is 0 Å². The van der Waals surface area contributed by atoms with E-state index in [1.165, 1.54) is 31.2 Å². The van der Waals surface area contributed by atoms with Crippen LogP contribution in [0.1, 0.15) is 12.5 Å². The molecule has 0 fully saturated rings.